The SMILES string of the molecule is CCOC(=O)C1=C(C)OC(N)=C(C#N)C1c1ccc(Sc2ccc(F)cc2)c([N+](=O)[O-])c1. The zero-order valence-corrected chi connectivity index (χ0v) is 17.9. The molecule has 32 heavy (non-hydrogen) atoms. The third kappa shape index (κ3) is 4.58. The van der Waals surface area contributed by atoms with E-state index in [1.54, 1.807) is 13.0 Å². The van der Waals surface area contributed by atoms with Crippen molar-refractivity contribution in [1.82, 2.24) is 0 Å². The summed E-state index contributed by atoms with van der Waals surface area (Å²) < 4.78 is 23.6. The summed E-state index contributed by atoms with van der Waals surface area (Å²) in [5.41, 5.74) is 5.94. The highest BCUT2D eigenvalue weighted by atomic mass is 32.2. The fourth-order valence-electron chi connectivity index (χ4n) is 3.26. The lowest BCUT2D eigenvalue weighted by Crippen LogP contribution is -2.25. The van der Waals surface area contributed by atoms with Crippen molar-refractivity contribution in [3.8, 4) is 6.07 Å². The standard InChI is InChI=1S/C22H18FN3O5S/c1-3-30-22(27)19-12(2)31-21(25)16(11-24)20(19)13-4-9-18(17(10-13)26(28)29)32-15-7-5-14(23)6-8-15/h4-10,20H,3,25H2,1-2H3. The molecule has 0 aliphatic carbocycles. The van der Waals surface area contributed by atoms with Crippen LogP contribution < -0.4 is 5.73 Å². The molecular formula is C22H18FN3O5S. The number of hydrogen-bond acceptors (Lipinski definition) is 8. The molecule has 8 nitrogen and oxygen atoms in total. The lowest BCUT2D eigenvalue weighted by atomic mass is 9.83. The first kappa shape index (κ1) is 22.8. The molecule has 0 aromatic heterocycles. The van der Waals surface area contributed by atoms with Crippen LogP contribution in [0.4, 0.5) is 10.1 Å². The Morgan fingerprint density at radius 2 is 2.03 bits per heavy atom. The van der Waals surface area contributed by atoms with Crippen molar-refractivity contribution in [3.63, 3.8) is 0 Å². The van der Waals surface area contributed by atoms with E-state index in [4.69, 9.17) is 15.2 Å². The van der Waals surface area contributed by atoms with Crippen molar-refractivity contribution in [3.05, 3.63) is 86.7 Å². The Hall–Kier alpha value is -3.84. The van der Waals surface area contributed by atoms with Crippen LogP contribution in [-0.2, 0) is 14.3 Å². The summed E-state index contributed by atoms with van der Waals surface area (Å²) in [5.74, 6) is -2.15. The molecule has 164 valence electrons. The van der Waals surface area contributed by atoms with Crippen LogP contribution in [0.15, 0.2) is 75.0 Å². The monoisotopic (exact) mass is 455 g/mol. The second-order valence-corrected chi connectivity index (χ2v) is 7.77. The molecule has 2 aromatic rings. The topological polar surface area (TPSA) is 128 Å². The summed E-state index contributed by atoms with van der Waals surface area (Å²) in [5, 5.41) is 21.4. The first-order valence-corrected chi connectivity index (χ1v) is 10.3. The molecule has 0 spiro atoms. The molecule has 1 aliphatic heterocycles. The zero-order valence-electron chi connectivity index (χ0n) is 17.1. The van der Waals surface area contributed by atoms with Crippen LogP contribution in [-0.4, -0.2) is 17.5 Å². The van der Waals surface area contributed by atoms with Crippen LogP contribution in [0.3, 0.4) is 0 Å². The Morgan fingerprint density at radius 1 is 1.34 bits per heavy atom. The van der Waals surface area contributed by atoms with E-state index in [0.717, 1.165) is 11.8 Å². The fourth-order valence-corrected chi connectivity index (χ4v) is 4.16. The highest BCUT2D eigenvalue weighted by Crippen LogP contribution is 2.43. The van der Waals surface area contributed by atoms with E-state index < -0.39 is 22.6 Å². The quantitative estimate of drug-likeness (QED) is 0.382. The van der Waals surface area contributed by atoms with Crippen molar-refractivity contribution in [1.29, 1.82) is 5.26 Å². The molecule has 0 amide bonds. The normalized spacial score (nSPS) is 15.8. The van der Waals surface area contributed by atoms with Crippen molar-refractivity contribution in [2.75, 3.05) is 6.61 Å². The number of allylic oxidation sites excluding steroid dienone is 2. The number of carbonyl (C=O) groups is 1. The van der Waals surface area contributed by atoms with Gasteiger partial charge in [-0.15, -0.1) is 0 Å². The van der Waals surface area contributed by atoms with Crippen LogP contribution >= 0.6 is 11.8 Å². The van der Waals surface area contributed by atoms with Crippen molar-refractivity contribution >= 4 is 23.4 Å². The van der Waals surface area contributed by atoms with Gasteiger partial charge >= 0.3 is 5.97 Å². The van der Waals surface area contributed by atoms with E-state index in [1.165, 1.54) is 43.3 Å². The Bertz CT molecular complexity index is 1190. The van der Waals surface area contributed by atoms with Gasteiger partial charge in [0, 0.05) is 11.0 Å². The van der Waals surface area contributed by atoms with Crippen molar-refractivity contribution in [2.45, 2.75) is 29.6 Å². The Kier molecular flexibility index (Phi) is 6.80. The van der Waals surface area contributed by atoms with Gasteiger partial charge in [0.15, 0.2) is 0 Å². The van der Waals surface area contributed by atoms with Crippen LogP contribution in [0.25, 0.3) is 0 Å². The van der Waals surface area contributed by atoms with Crippen LogP contribution in [0.2, 0.25) is 0 Å². The molecule has 1 heterocycles. The molecule has 3 rings (SSSR count). The highest BCUT2D eigenvalue weighted by molar-refractivity contribution is 7.99. The number of benzene rings is 2. The highest BCUT2D eigenvalue weighted by Gasteiger charge is 2.37. The largest absolute Gasteiger partial charge is 0.463 e. The molecule has 0 radical (unpaired) electrons. The molecule has 0 saturated carbocycles. The number of nitriles is 1. The predicted octanol–water partition coefficient (Wildman–Crippen LogP) is 4.53. The van der Waals surface area contributed by atoms with Gasteiger partial charge in [0.25, 0.3) is 5.69 Å². The molecule has 0 saturated heterocycles. The van der Waals surface area contributed by atoms with E-state index >= 15 is 0 Å². The van der Waals surface area contributed by atoms with Crippen molar-refractivity contribution < 1.29 is 23.6 Å². The minimum atomic E-state index is -0.989. The number of hydrogen-bond donors (Lipinski definition) is 1. The number of ether oxygens (including phenoxy) is 2. The molecule has 0 fully saturated rings. The third-order valence-corrected chi connectivity index (χ3v) is 5.73. The molecule has 1 unspecified atom stereocenters. The van der Waals surface area contributed by atoms with Crippen LogP contribution in [0.5, 0.6) is 0 Å². The van der Waals surface area contributed by atoms with E-state index in [-0.39, 0.29) is 35.1 Å². The van der Waals surface area contributed by atoms with Gasteiger partial charge in [-0.05, 0) is 49.7 Å². The van der Waals surface area contributed by atoms with E-state index in [0.29, 0.717) is 15.4 Å². The number of carbonyl (C=O) groups excluding carboxylic acids is 1. The predicted molar refractivity (Wildman–Crippen MR) is 114 cm³/mol. The van der Waals surface area contributed by atoms with Crippen molar-refractivity contribution in [2.24, 2.45) is 5.73 Å². The third-order valence-electron chi connectivity index (χ3n) is 4.66. The molecule has 2 aromatic carbocycles. The van der Waals surface area contributed by atoms with E-state index in [9.17, 15) is 24.6 Å². The lowest BCUT2D eigenvalue weighted by molar-refractivity contribution is -0.387. The van der Waals surface area contributed by atoms with Gasteiger partial charge < -0.3 is 15.2 Å². The second-order valence-electron chi connectivity index (χ2n) is 6.66. The number of esters is 1. The Balaban J connectivity index is 2.11. The summed E-state index contributed by atoms with van der Waals surface area (Å²) in [6, 6.07) is 11.9. The summed E-state index contributed by atoms with van der Waals surface area (Å²) in [6.45, 7) is 3.23. The van der Waals surface area contributed by atoms with Gasteiger partial charge in [-0.3, -0.25) is 10.1 Å². The first-order chi connectivity index (χ1) is 15.3. The molecule has 1 atom stereocenters. The number of nitrogens with two attached hydrogens (primary N) is 1. The number of nitro benzene ring substituents is 1. The van der Waals surface area contributed by atoms with Crippen LogP contribution in [0.1, 0.15) is 25.3 Å². The number of rotatable bonds is 6. The second kappa shape index (κ2) is 9.53. The molecule has 0 bridgehead atoms. The van der Waals surface area contributed by atoms with Gasteiger partial charge in [-0.1, -0.05) is 17.8 Å². The molecule has 10 heteroatoms. The zero-order chi connectivity index (χ0) is 23.4. The minimum Gasteiger partial charge on any atom is -0.463 e. The number of nitrogens with zero attached hydrogens (tertiary/aromatic N) is 2. The minimum absolute atomic E-state index is 0.0471. The smallest absolute Gasteiger partial charge is 0.338 e. The molecule has 2 N–H and O–H groups in total. The Labute approximate surface area is 187 Å². The van der Waals surface area contributed by atoms with Gasteiger partial charge in [-0.25, -0.2) is 9.18 Å². The van der Waals surface area contributed by atoms with Crippen LogP contribution in [0, 0.1) is 27.3 Å². The van der Waals surface area contributed by atoms with Gasteiger partial charge in [0.1, 0.15) is 23.2 Å². The maximum atomic E-state index is 13.2. The summed E-state index contributed by atoms with van der Waals surface area (Å²) in [6.07, 6.45) is 0. The lowest BCUT2D eigenvalue weighted by Gasteiger charge is -2.26. The number of nitro groups is 1. The van der Waals surface area contributed by atoms with Gasteiger partial charge in [0.05, 0.1) is 27.9 Å². The molecule has 1 aliphatic rings. The van der Waals surface area contributed by atoms with Gasteiger partial charge in [-0.2, -0.15) is 5.26 Å². The van der Waals surface area contributed by atoms with Gasteiger partial charge in [0.2, 0.25) is 5.88 Å². The van der Waals surface area contributed by atoms with E-state index in [2.05, 4.69) is 0 Å². The fraction of sp³-hybridized carbons (Fsp3) is 0.182. The maximum absolute atomic E-state index is 13.2. The first-order valence-electron chi connectivity index (χ1n) is 9.44. The van der Waals surface area contributed by atoms with E-state index in [1.807, 2.05) is 6.07 Å². The Morgan fingerprint density at radius 3 is 2.62 bits per heavy atom. The summed E-state index contributed by atoms with van der Waals surface area (Å²) in [7, 11) is 0. The average Bonchev–Trinajstić information content (AvgIpc) is 2.75. The summed E-state index contributed by atoms with van der Waals surface area (Å²) >= 11 is 1.09. The number of halogens is 1. The summed E-state index contributed by atoms with van der Waals surface area (Å²) in [4.78, 5) is 24.8. The maximum Gasteiger partial charge on any atom is 0.338 e. The average molecular weight is 455 g/mol. The molecular weight excluding hydrogens is 437 g/mol.